The van der Waals surface area contributed by atoms with Gasteiger partial charge < -0.3 is 4.74 Å². The van der Waals surface area contributed by atoms with Crippen LogP contribution in [-0.4, -0.2) is 18.0 Å². The zero-order chi connectivity index (χ0) is 17.9. The van der Waals surface area contributed by atoms with Crippen molar-refractivity contribution >= 4 is 38.3 Å². The van der Waals surface area contributed by atoms with E-state index in [0.717, 1.165) is 52.5 Å². The van der Waals surface area contributed by atoms with Crippen molar-refractivity contribution in [1.29, 1.82) is 0 Å². The largest absolute Gasteiger partial charge is 0.497 e. The molecule has 0 atom stereocenters. The van der Waals surface area contributed by atoms with E-state index in [2.05, 4.69) is 0 Å². The number of para-hydroxylation sites is 1. The summed E-state index contributed by atoms with van der Waals surface area (Å²) in [5, 5.41) is 0.732. The predicted molar refractivity (Wildman–Crippen MR) is 106 cm³/mol. The van der Waals surface area contributed by atoms with Crippen LogP contribution in [0, 0.1) is 5.92 Å². The van der Waals surface area contributed by atoms with Gasteiger partial charge in [0.1, 0.15) is 5.75 Å². The molecule has 134 valence electrons. The van der Waals surface area contributed by atoms with E-state index in [-0.39, 0.29) is 11.8 Å². The summed E-state index contributed by atoms with van der Waals surface area (Å²) in [4.78, 5) is 20.0. The van der Waals surface area contributed by atoms with E-state index in [1.54, 1.807) is 23.3 Å². The molecule has 1 aromatic heterocycles. The maximum absolute atomic E-state index is 13.4. The number of aromatic nitrogens is 1. The Labute approximate surface area is 157 Å². The molecular weight excluding hydrogens is 344 g/mol. The van der Waals surface area contributed by atoms with E-state index in [4.69, 9.17) is 9.72 Å². The van der Waals surface area contributed by atoms with Crippen molar-refractivity contribution in [3.8, 4) is 5.75 Å². The van der Waals surface area contributed by atoms with E-state index >= 15 is 0 Å². The first kappa shape index (κ1) is 17.0. The fourth-order valence-corrected chi connectivity index (χ4v) is 4.56. The lowest BCUT2D eigenvalue weighted by Gasteiger charge is -2.27. The number of amides is 1. The highest BCUT2D eigenvalue weighted by Crippen LogP contribution is 2.37. The molecule has 3 aromatic rings. The van der Waals surface area contributed by atoms with Crippen molar-refractivity contribution in [2.45, 2.75) is 32.1 Å². The fourth-order valence-electron chi connectivity index (χ4n) is 3.57. The van der Waals surface area contributed by atoms with Crippen molar-refractivity contribution in [3.05, 3.63) is 48.5 Å². The Hall–Kier alpha value is -2.40. The first-order valence-corrected chi connectivity index (χ1v) is 9.91. The molecule has 4 nitrogen and oxygen atoms in total. The van der Waals surface area contributed by atoms with Crippen molar-refractivity contribution < 1.29 is 9.53 Å². The standard InChI is InChI=1S/C21H22N2O2S/c1-25-17-11-7-10-16(14-17)23(20(24)15-8-3-2-4-9-15)21-22-18-12-5-6-13-19(18)26-21/h5-7,10-15H,2-4,8-9H2,1H3. The van der Waals surface area contributed by atoms with Gasteiger partial charge in [-0.25, -0.2) is 4.98 Å². The molecule has 2 aromatic carbocycles. The van der Waals surface area contributed by atoms with Gasteiger partial charge in [0.15, 0.2) is 5.13 Å². The summed E-state index contributed by atoms with van der Waals surface area (Å²) in [5.74, 6) is 0.962. The topological polar surface area (TPSA) is 42.4 Å². The Kier molecular flexibility index (Phi) is 4.89. The van der Waals surface area contributed by atoms with Gasteiger partial charge in [-0.1, -0.05) is 48.8 Å². The fraction of sp³-hybridized carbons (Fsp3) is 0.333. The molecule has 0 radical (unpaired) electrons. The van der Waals surface area contributed by atoms with Crippen LogP contribution in [0.5, 0.6) is 5.75 Å². The third-order valence-electron chi connectivity index (χ3n) is 4.96. The van der Waals surface area contributed by atoms with Crippen molar-refractivity contribution in [3.63, 3.8) is 0 Å². The number of methoxy groups -OCH3 is 1. The van der Waals surface area contributed by atoms with E-state index in [1.807, 2.05) is 48.5 Å². The zero-order valence-corrected chi connectivity index (χ0v) is 15.7. The normalized spacial score (nSPS) is 15.1. The maximum Gasteiger partial charge on any atom is 0.236 e. The number of thiazole rings is 1. The SMILES string of the molecule is COc1cccc(N(C(=O)C2CCCCC2)c2nc3ccccc3s2)c1. The van der Waals surface area contributed by atoms with Crippen LogP contribution in [0.25, 0.3) is 10.2 Å². The second-order valence-electron chi connectivity index (χ2n) is 6.67. The Morgan fingerprint density at radius 2 is 1.92 bits per heavy atom. The van der Waals surface area contributed by atoms with Gasteiger partial charge in [0.2, 0.25) is 5.91 Å². The van der Waals surface area contributed by atoms with Gasteiger partial charge in [0.25, 0.3) is 0 Å². The van der Waals surface area contributed by atoms with Crippen LogP contribution in [0.15, 0.2) is 48.5 Å². The molecule has 0 N–H and O–H groups in total. The first-order chi connectivity index (χ1) is 12.8. The quantitative estimate of drug-likeness (QED) is 0.608. The molecule has 1 heterocycles. The van der Waals surface area contributed by atoms with Gasteiger partial charge in [0.05, 0.1) is 23.0 Å². The molecule has 1 saturated carbocycles. The highest BCUT2D eigenvalue weighted by molar-refractivity contribution is 7.22. The van der Waals surface area contributed by atoms with Crippen LogP contribution >= 0.6 is 11.3 Å². The Morgan fingerprint density at radius 3 is 2.69 bits per heavy atom. The van der Waals surface area contributed by atoms with Crippen molar-refractivity contribution in [1.82, 2.24) is 4.98 Å². The number of carbonyl (C=O) groups is 1. The number of ether oxygens (including phenoxy) is 1. The number of nitrogens with zero attached hydrogens (tertiary/aromatic N) is 2. The number of anilines is 2. The number of benzene rings is 2. The number of rotatable bonds is 4. The number of hydrogen-bond donors (Lipinski definition) is 0. The molecule has 1 aliphatic carbocycles. The predicted octanol–water partition coefficient (Wildman–Crippen LogP) is 5.55. The minimum atomic E-state index is 0.0713. The number of hydrogen-bond acceptors (Lipinski definition) is 4. The van der Waals surface area contributed by atoms with Gasteiger partial charge in [-0.15, -0.1) is 0 Å². The van der Waals surface area contributed by atoms with Crippen LogP contribution in [-0.2, 0) is 4.79 Å². The molecule has 0 saturated heterocycles. The highest BCUT2D eigenvalue weighted by Gasteiger charge is 2.30. The molecule has 1 aliphatic rings. The van der Waals surface area contributed by atoms with Crippen molar-refractivity contribution in [2.24, 2.45) is 5.92 Å². The van der Waals surface area contributed by atoms with Gasteiger partial charge in [0, 0.05) is 12.0 Å². The first-order valence-electron chi connectivity index (χ1n) is 9.10. The molecule has 1 fully saturated rings. The second-order valence-corrected chi connectivity index (χ2v) is 7.68. The average Bonchev–Trinajstić information content (AvgIpc) is 3.12. The van der Waals surface area contributed by atoms with Crippen LogP contribution in [0.4, 0.5) is 10.8 Å². The average molecular weight is 366 g/mol. The second kappa shape index (κ2) is 7.46. The minimum Gasteiger partial charge on any atom is -0.497 e. The molecule has 5 heteroatoms. The molecule has 1 amide bonds. The highest BCUT2D eigenvalue weighted by atomic mass is 32.1. The molecule has 0 unspecified atom stereocenters. The van der Waals surface area contributed by atoms with Gasteiger partial charge in [-0.05, 0) is 37.1 Å². The van der Waals surface area contributed by atoms with Crippen LogP contribution in [0.3, 0.4) is 0 Å². The van der Waals surface area contributed by atoms with Gasteiger partial charge in [-0.3, -0.25) is 9.69 Å². The minimum absolute atomic E-state index is 0.0713. The third-order valence-corrected chi connectivity index (χ3v) is 5.98. The molecule has 26 heavy (non-hydrogen) atoms. The van der Waals surface area contributed by atoms with Gasteiger partial charge >= 0.3 is 0 Å². The van der Waals surface area contributed by atoms with E-state index < -0.39 is 0 Å². The van der Waals surface area contributed by atoms with Crippen LogP contribution < -0.4 is 9.64 Å². The zero-order valence-electron chi connectivity index (χ0n) is 14.9. The smallest absolute Gasteiger partial charge is 0.236 e. The third kappa shape index (κ3) is 3.31. The van der Waals surface area contributed by atoms with E-state index in [0.29, 0.717) is 0 Å². The summed E-state index contributed by atoms with van der Waals surface area (Å²) in [6.07, 6.45) is 5.41. The van der Waals surface area contributed by atoms with Gasteiger partial charge in [-0.2, -0.15) is 0 Å². The summed E-state index contributed by atoms with van der Waals surface area (Å²) < 4.78 is 6.46. The van der Waals surface area contributed by atoms with Crippen molar-refractivity contribution in [2.75, 3.05) is 12.0 Å². The maximum atomic E-state index is 13.4. The summed E-state index contributed by atoms with van der Waals surface area (Å²) in [5.41, 5.74) is 1.75. The van der Waals surface area contributed by atoms with Crippen LogP contribution in [0.2, 0.25) is 0 Å². The Balaban J connectivity index is 1.78. The van der Waals surface area contributed by atoms with E-state index in [1.165, 1.54) is 6.42 Å². The van der Waals surface area contributed by atoms with E-state index in [9.17, 15) is 4.79 Å². The Morgan fingerprint density at radius 1 is 1.12 bits per heavy atom. The Bertz CT molecular complexity index is 882. The van der Waals surface area contributed by atoms with Crippen LogP contribution in [0.1, 0.15) is 32.1 Å². The summed E-state index contributed by atoms with van der Waals surface area (Å²) in [7, 11) is 1.64. The molecule has 0 spiro atoms. The lowest BCUT2D eigenvalue weighted by atomic mass is 9.88. The molecular formula is C21H22N2O2S. The summed E-state index contributed by atoms with van der Waals surface area (Å²) in [6.45, 7) is 0. The molecule has 4 rings (SSSR count). The molecule has 0 bridgehead atoms. The number of fused-ring (bicyclic) bond motifs is 1. The monoisotopic (exact) mass is 366 g/mol. The lowest BCUT2D eigenvalue weighted by Crippen LogP contribution is -2.33. The lowest BCUT2D eigenvalue weighted by molar-refractivity contribution is -0.122. The number of carbonyl (C=O) groups excluding carboxylic acids is 1. The molecule has 0 aliphatic heterocycles. The summed E-state index contributed by atoms with van der Waals surface area (Å²) >= 11 is 1.56. The summed E-state index contributed by atoms with van der Waals surface area (Å²) in [6, 6.07) is 15.7.